The van der Waals surface area contributed by atoms with Crippen molar-refractivity contribution in [3.8, 4) is 0 Å². The molecule has 0 aliphatic rings. The van der Waals surface area contributed by atoms with Gasteiger partial charge >= 0.3 is 6.09 Å². The van der Waals surface area contributed by atoms with Crippen molar-refractivity contribution in [1.29, 1.82) is 0 Å². The predicted molar refractivity (Wildman–Crippen MR) is 87.5 cm³/mol. The van der Waals surface area contributed by atoms with E-state index in [1.807, 2.05) is 30.3 Å². The molecule has 0 saturated heterocycles. The molecule has 6 N–H and O–H groups in total. The second-order valence-corrected chi connectivity index (χ2v) is 4.82. The predicted octanol–water partition coefficient (Wildman–Crippen LogP) is 0.0810. The van der Waals surface area contributed by atoms with Crippen LogP contribution in [0.3, 0.4) is 0 Å². The fourth-order valence-electron chi connectivity index (χ4n) is 1.85. The van der Waals surface area contributed by atoms with E-state index in [-0.39, 0.29) is 18.5 Å². The zero-order chi connectivity index (χ0) is 17.1. The summed E-state index contributed by atoms with van der Waals surface area (Å²) in [5.41, 5.74) is 11.3. The van der Waals surface area contributed by atoms with Crippen LogP contribution in [0.2, 0.25) is 0 Å². The zero-order valence-electron chi connectivity index (χ0n) is 13.1. The van der Waals surface area contributed by atoms with Gasteiger partial charge < -0.3 is 26.8 Å². The van der Waals surface area contributed by atoms with Gasteiger partial charge in [0, 0.05) is 13.6 Å². The maximum Gasteiger partial charge on any atom is 0.408 e. The molecule has 126 valence electrons. The van der Waals surface area contributed by atoms with Gasteiger partial charge in [-0.1, -0.05) is 30.3 Å². The van der Waals surface area contributed by atoms with Crippen LogP contribution in [-0.2, 0) is 16.1 Å². The monoisotopic (exact) mass is 321 g/mol. The number of nitrogens with one attached hydrogen (secondary N) is 2. The Labute approximate surface area is 135 Å². The second kappa shape index (κ2) is 10.0. The lowest BCUT2D eigenvalue weighted by atomic mass is 10.1. The first kappa shape index (κ1) is 18.3. The number of alkyl carbamates (subject to hydrolysis) is 1. The number of aliphatic imine (C=N–C) groups is 1. The second-order valence-electron chi connectivity index (χ2n) is 4.82. The van der Waals surface area contributed by atoms with Crippen molar-refractivity contribution in [2.45, 2.75) is 25.5 Å². The normalized spacial score (nSPS) is 11.2. The van der Waals surface area contributed by atoms with Crippen LogP contribution >= 0.6 is 0 Å². The molecular weight excluding hydrogens is 298 g/mol. The summed E-state index contributed by atoms with van der Waals surface area (Å²) in [6, 6.07) is 8.58. The molecule has 1 rings (SSSR count). The Morgan fingerprint density at radius 3 is 2.57 bits per heavy atom. The van der Waals surface area contributed by atoms with Gasteiger partial charge in [0.25, 0.3) is 0 Å². The van der Waals surface area contributed by atoms with Gasteiger partial charge in [-0.05, 0) is 18.4 Å². The number of amides is 2. The van der Waals surface area contributed by atoms with Gasteiger partial charge in [0.2, 0.25) is 5.91 Å². The number of nitrogens with two attached hydrogens (primary N) is 2. The summed E-state index contributed by atoms with van der Waals surface area (Å²) in [6.07, 6.45) is 0.301. The first-order chi connectivity index (χ1) is 11.0. The van der Waals surface area contributed by atoms with E-state index in [0.29, 0.717) is 19.4 Å². The highest BCUT2D eigenvalue weighted by Crippen LogP contribution is 2.03. The molecule has 1 aromatic rings. The molecule has 0 bridgehead atoms. The molecule has 23 heavy (non-hydrogen) atoms. The number of hydrogen-bond donors (Lipinski definition) is 4. The van der Waals surface area contributed by atoms with E-state index in [4.69, 9.17) is 16.2 Å². The van der Waals surface area contributed by atoms with Crippen molar-refractivity contribution >= 4 is 18.0 Å². The minimum atomic E-state index is -0.697. The SMILES string of the molecule is CNC(=O)C(CCCN=C(N)N)NC(=O)OCc1ccccc1. The van der Waals surface area contributed by atoms with Crippen molar-refractivity contribution in [2.75, 3.05) is 13.6 Å². The zero-order valence-corrected chi connectivity index (χ0v) is 13.1. The summed E-state index contributed by atoms with van der Waals surface area (Å²) in [5, 5.41) is 5.04. The number of likely N-dealkylation sites (N-methyl/N-ethyl adjacent to an activating group) is 1. The number of carbonyl (C=O) groups excluding carboxylic acids is 2. The molecule has 0 aliphatic carbocycles. The molecular formula is C15H23N5O3. The first-order valence-corrected chi connectivity index (χ1v) is 7.27. The molecule has 0 aliphatic heterocycles. The van der Waals surface area contributed by atoms with Gasteiger partial charge in [-0.25, -0.2) is 4.79 Å². The van der Waals surface area contributed by atoms with Gasteiger partial charge in [0.1, 0.15) is 12.6 Å². The number of benzene rings is 1. The fraction of sp³-hybridized carbons (Fsp3) is 0.400. The lowest BCUT2D eigenvalue weighted by Gasteiger charge is -2.16. The standard InChI is InChI=1S/C15H23N5O3/c1-18-13(21)12(8-5-9-19-14(16)17)20-15(22)23-10-11-6-3-2-4-7-11/h2-4,6-7,12H,5,8-10H2,1H3,(H,18,21)(H,20,22)(H4,16,17,19). The average Bonchev–Trinajstić information content (AvgIpc) is 2.55. The third-order valence-corrected chi connectivity index (χ3v) is 3.01. The number of hydrogen-bond acceptors (Lipinski definition) is 4. The van der Waals surface area contributed by atoms with E-state index in [9.17, 15) is 9.59 Å². The summed E-state index contributed by atoms with van der Waals surface area (Å²) in [5.74, 6) is -0.303. The number of ether oxygens (including phenoxy) is 1. The van der Waals surface area contributed by atoms with Crippen LogP contribution in [0.4, 0.5) is 4.79 Å². The Balaban J connectivity index is 2.44. The number of carbonyl (C=O) groups is 2. The van der Waals surface area contributed by atoms with E-state index in [2.05, 4.69) is 15.6 Å². The maximum atomic E-state index is 11.8. The third kappa shape index (κ3) is 7.70. The quantitative estimate of drug-likeness (QED) is 0.306. The molecule has 1 aromatic carbocycles. The van der Waals surface area contributed by atoms with Crippen LogP contribution in [0.15, 0.2) is 35.3 Å². The largest absolute Gasteiger partial charge is 0.445 e. The van der Waals surface area contributed by atoms with Crippen LogP contribution in [0, 0.1) is 0 Å². The maximum absolute atomic E-state index is 11.8. The summed E-state index contributed by atoms with van der Waals surface area (Å²) in [6.45, 7) is 0.526. The van der Waals surface area contributed by atoms with Gasteiger partial charge in [-0.2, -0.15) is 0 Å². The van der Waals surface area contributed by atoms with E-state index < -0.39 is 12.1 Å². The molecule has 1 atom stereocenters. The van der Waals surface area contributed by atoms with E-state index >= 15 is 0 Å². The van der Waals surface area contributed by atoms with Gasteiger partial charge in [-0.15, -0.1) is 0 Å². The summed E-state index contributed by atoms with van der Waals surface area (Å²) in [4.78, 5) is 27.4. The molecule has 0 heterocycles. The van der Waals surface area contributed by atoms with Gasteiger partial charge in [0.05, 0.1) is 0 Å². The Morgan fingerprint density at radius 2 is 1.96 bits per heavy atom. The highest BCUT2D eigenvalue weighted by Gasteiger charge is 2.19. The van der Waals surface area contributed by atoms with E-state index in [1.54, 1.807) is 0 Å². The molecule has 0 radical (unpaired) electrons. The molecule has 2 amide bonds. The molecule has 0 aromatic heterocycles. The molecule has 8 nitrogen and oxygen atoms in total. The third-order valence-electron chi connectivity index (χ3n) is 3.01. The van der Waals surface area contributed by atoms with Crippen LogP contribution in [0.1, 0.15) is 18.4 Å². The van der Waals surface area contributed by atoms with Crippen molar-refractivity contribution in [3.63, 3.8) is 0 Å². The average molecular weight is 321 g/mol. The van der Waals surface area contributed by atoms with Crippen LogP contribution in [0.5, 0.6) is 0 Å². The Bertz CT molecular complexity index is 529. The summed E-state index contributed by atoms with van der Waals surface area (Å²) >= 11 is 0. The number of nitrogens with zero attached hydrogens (tertiary/aromatic N) is 1. The molecule has 0 spiro atoms. The summed E-state index contributed by atoms with van der Waals surface area (Å²) < 4.78 is 5.10. The van der Waals surface area contributed by atoms with Crippen molar-refractivity contribution in [3.05, 3.63) is 35.9 Å². The molecule has 1 unspecified atom stereocenters. The molecule has 0 saturated carbocycles. The topological polar surface area (TPSA) is 132 Å². The van der Waals surface area contributed by atoms with Gasteiger partial charge in [0.15, 0.2) is 5.96 Å². The first-order valence-electron chi connectivity index (χ1n) is 7.27. The van der Waals surface area contributed by atoms with Crippen LogP contribution in [0.25, 0.3) is 0 Å². The Hall–Kier alpha value is -2.77. The minimum Gasteiger partial charge on any atom is -0.445 e. The van der Waals surface area contributed by atoms with Crippen LogP contribution in [-0.4, -0.2) is 37.6 Å². The van der Waals surface area contributed by atoms with Gasteiger partial charge in [-0.3, -0.25) is 9.79 Å². The van der Waals surface area contributed by atoms with Crippen molar-refractivity contribution < 1.29 is 14.3 Å². The minimum absolute atomic E-state index is 0.00303. The fourth-order valence-corrected chi connectivity index (χ4v) is 1.85. The van der Waals surface area contributed by atoms with E-state index in [0.717, 1.165) is 5.56 Å². The van der Waals surface area contributed by atoms with E-state index in [1.165, 1.54) is 7.05 Å². The lowest BCUT2D eigenvalue weighted by Crippen LogP contribution is -2.45. The highest BCUT2D eigenvalue weighted by atomic mass is 16.5. The number of rotatable bonds is 8. The Kier molecular flexibility index (Phi) is 7.98. The van der Waals surface area contributed by atoms with Crippen molar-refractivity contribution in [1.82, 2.24) is 10.6 Å². The van der Waals surface area contributed by atoms with Crippen LogP contribution < -0.4 is 22.1 Å². The molecule has 8 heteroatoms. The smallest absolute Gasteiger partial charge is 0.408 e. The Morgan fingerprint density at radius 1 is 1.26 bits per heavy atom. The summed E-state index contributed by atoms with van der Waals surface area (Å²) in [7, 11) is 1.50. The number of guanidine groups is 1. The van der Waals surface area contributed by atoms with Crippen molar-refractivity contribution in [2.24, 2.45) is 16.5 Å². The lowest BCUT2D eigenvalue weighted by molar-refractivity contribution is -0.122. The molecule has 0 fully saturated rings. The highest BCUT2D eigenvalue weighted by molar-refractivity contribution is 5.85.